The fourth-order valence-electron chi connectivity index (χ4n) is 2.81. The molecule has 0 aliphatic carbocycles. The van der Waals surface area contributed by atoms with Crippen LogP contribution >= 0.6 is 0 Å². The van der Waals surface area contributed by atoms with Crippen molar-refractivity contribution in [1.29, 1.82) is 0 Å². The number of carbonyl (C=O) groups is 1. The SMILES string of the molecule is CC1CCCCCN1Cc1ccc(F)cc1C=CC(=O)O. The van der Waals surface area contributed by atoms with Gasteiger partial charge in [-0.1, -0.05) is 18.9 Å². The summed E-state index contributed by atoms with van der Waals surface area (Å²) in [5.74, 6) is -1.36. The lowest BCUT2D eigenvalue weighted by atomic mass is 10.0. The van der Waals surface area contributed by atoms with E-state index in [1.165, 1.54) is 43.9 Å². The molecule has 0 radical (unpaired) electrons. The molecular weight excluding hydrogens is 269 g/mol. The van der Waals surface area contributed by atoms with Crippen LogP contribution in [0.1, 0.15) is 43.7 Å². The van der Waals surface area contributed by atoms with Gasteiger partial charge in [0.05, 0.1) is 0 Å². The van der Waals surface area contributed by atoms with E-state index in [1.54, 1.807) is 6.07 Å². The van der Waals surface area contributed by atoms with E-state index in [0.29, 0.717) is 11.6 Å². The lowest BCUT2D eigenvalue weighted by molar-refractivity contribution is -0.131. The number of benzene rings is 1. The Balaban J connectivity index is 2.19. The molecule has 1 unspecified atom stereocenters. The van der Waals surface area contributed by atoms with Gasteiger partial charge in [0.2, 0.25) is 0 Å². The summed E-state index contributed by atoms with van der Waals surface area (Å²) < 4.78 is 13.4. The Morgan fingerprint density at radius 2 is 2.24 bits per heavy atom. The second-order valence-electron chi connectivity index (χ2n) is 5.68. The fraction of sp³-hybridized carbons (Fsp3) is 0.471. The molecule has 0 amide bonds. The third-order valence-electron chi connectivity index (χ3n) is 4.08. The quantitative estimate of drug-likeness (QED) is 0.860. The maximum Gasteiger partial charge on any atom is 0.328 e. The summed E-state index contributed by atoms with van der Waals surface area (Å²) in [6.45, 7) is 4.00. The number of likely N-dealkylation sites (tertiary alicyclic amines) is 1. The highest BCUT2D eigenvalue weighted by molar-refractivity contribution is 5.85. The average molecular weight is 291 g/mol. The number of hydrogen-bond donors (Lipinski definition) is 1. The van der Waals surface area contributed by atoms with Crippen LogP contribution in [0.3, 0.4) is 0 Å². The summed E-state index contributed by atoms with van der Waals surface area (Å²) >= 11 is 0. The first-order chi connectivity index (χ1) is 10.1. The molecule has 1 aromatic carbocycles. The van der Waals surface area contributed by atoms with Crippen LogP contribution in [0.5, 0.6) is 0 Å². The van der Waals surface area contributed by atoms with E-state index in [1.807, 2.05) is 0 Å². The van der Waals surface area contributed by atoms with Crippen LogP contribution in [0.2, 0.25) is 0 Å². The number of carboxylic acids is 1. The molecular formula is C17H22FNO2. The number of halogens is 1. The molecule has 1 aliphatic heterocycles. The molecule has 0 bridgehead atoms. The molecule has 2 rings (SSSR count). The van der Waals surface area contributed by atoms with E-state index in [0.717, 1.165) is 24.7 Å². The first-order valence-corrected chi connectivity index (χ1v) is 7.50. The molecule has 1 atom stereocenters. The van der Waals surface area contributed by atoms with Crippen LogP contribution in [0.15, 0.2) is 24.3 Å². The predicted octanol–water partition coefficient (Wildman–Crippen LogP) is 3.69. The Hall–Kier alpha value is -1.68. The molecule has 3 nitrogen and oxygen atoms in total. The summed E-state index contributed by atoms with van der Waals surface area (Å²) in [6.07, 6.45) is 7.42. The molecule has 0 spiro atoms. The van der Waals surface area contributed by atoms with Crippen molar-refractivity contribution in [3.63, 3.8) is 0 Å². The monoisotopic (exact) mass is 291 g/mol. The third kappa shape index (κ3) is 4.67. The Morgan fingerprint density at radius 3 is 3.00 bits per heavy atom. The molecule has 1 aliphatic rings. The summed E-state index contributed by atoms with van der Waals surface area (Å²) in [6, 6.07) is 5.11. The van der Waals surface area contributed by atoms with Crippen LogP contribution in [-0.4, -0.2) is 28.6 Å². The summed E-state index contributed by atoms with van der Waals surface area (Å²) in [5.41, 5.74) is 1.62. The Bertz CT molecular complexity index is 528. The number of rotatable bonds is 4. The van der Waals surface area contributed by atoms with Crippen molar-refractivity contribution in [2.45, 2.75) is 45.2 Å². The summed E-state index contributed by atoms with van der Waals surface area (Å²) in [5, 5.41) is 8.74. The van der Waals surface area contributed by atoms with E-state index in [9.17, 15) is 9.18 Å². The van der Waals surface area contributed by atoms with Gasteiger partial charge in [0, 0.05) is 18.7 Å². The van der Waals surface area contributed by atoms with Gasteiger partial charge in [0.25, 0.3) is 0 Å². The minimum Gasteiger partial charge on any atom is -0.478 e. The van der Waals surface area contributed by atoms with Gasteiger partial charge < -0.3 is 5.11 Å². The molecule has 0 saturated carbocycles. The molecule has 0 aromatic heterocycles. The second kappa shape index (κ2) is 7.36. The average Bonchev–Trinajstić information content (AvgIpc) is 2.64. The van der Waals surface area contributed by atoms with Crippen LogP contribution < -0.4 is 0 Å². The molecule has 1 aromatic rings. The fourth-order valence-corrected chi connectivity index (χ4v) is 2.81. The van der Waals surface area contributed by atoms with Gasteiger partial charge in [-0.15, -0.1) is 0 Å². The first kappa shape index (κ1) is 15.7. The molecule has 4 heteroatoms. The zero-order valence-electron chi connectivity index (χ0n) is 12.4. The molecule has 1 fully saturated rings. The molecule has 1 N–H and O–H groups in total. The smallest absolute Gasteiger partial charge is 0.328 e. The maximum absolute atomic E-state index is 13.4. The van der Waals surface area contributed by atoms with E-state index in [4.69, 9.17) is 5.11 Å². The lowest BCUT2D eigenvalue weighted by Crippen LogP contribution is -2.32. The van der Waals surface area contributed by atoms with Crippen LogP contribution in [-0.2, 0) is 11.3 Å². The normalized spacial score (nSPS) is 20.6. The van der Waals surface area contributed by atoms with Gasteiger partial charge in [0.1, 0.15) is 5.82 Å². The third-order valence-corrected chi connectivity index (χ3v) is 4.08. The number of carboxylic acid groups (broad SMARTS) is 1. The topological polar surface area (TPSA) is 40.5 Å². The number of hydrogen-bond acceptors (Lipinski definition) is 2. The van der Waals surface area contributed by atoms with E-state index in [-0.39, 0.29) is 5.82 Å². The largest absolute Gasteiger partial charge is 0.478 e. The Kier molecular flexibility index (Phi) is 5.51. The minimum absolute atomic E-state index is 0.340. The zero-order valence-corrected chi connectivity index (χ0v) is 12.4. The highest BCUT2D eigenvalue weighted by atomic mass is 19.1. The highest BCUT2D eigenvalue weighted by Crippen LogP contribution is 2.21. The zero-order chi connectivity index (χ0) is 15.2. The van der Waals surface area contributed by atoms with Gasteiger partial charge >= 0.3 is 5.97 Å². The van der Waals surface area contributed by atoms with E-state index < -0.39 is 5.97 Å². The van der Waals surface area contributed by atoms with Crippen molar-refractivity contribution in [3.8, 4) is 0 Å². The molecule has 21 heavy (non-hydrogen) atoms. The van der Waals surface area contributed by atoms with Crippen molar-refractivity contribution < 1.29 is 14.3 Å². The summed E-state index contributed by atoms with van der Waals surface area (Å²) in [7, 11) is 0. The molecule has 114 valence electrons. The predicted molar refractivity (Wildman–Crippen MR) is 81.4 cm³/mol. The highest BCUT2D eigenvalue weighted by Gasteiger charge is 2.17. The van der Waals surface area contributed by atoms with Gasteiger partial charge in [-0.2, -0.15) is 0 Å². The van der Waals surface area contributed by atoms with Crippen molar-refractivity contribution in [2.24, 2.45) is 0 Å². The van der Waals surface area contributed by atoms with Crippen LogP contribution in [0.25, 0.3) is 6.08 Å². The van der Waals surface area contributed by atoms with E-state index in [2.05, 4.69) is 11.8 Å². The Morgan fingerprint density at radius 1 is 1.43 bits per heavy atom. The molecule has 1 saturated heterocycles. The Labute approximate surface area is 125 Å². The van der Waals surface area contributed by atoms with Gasteiger partial charge in [0.15, 0.2) is 0 Å². The van der Waals surface area contributed by atoms with Crippen molar-refractivity contribution in [1.82, 2.24) is 4.90 Å². The van der Waals surface area contributed by atoms with Crippen molar-refractivity contribution in [3.05, 3.63) is 41.2 Å². The van der Waals surface area contributed by atoms with Crippen LogP contribution in [0, 0.1) is 5.82 Å². The molecule has 1 heterocycles. The van der Waals surface area contributed by atoms with Gasteiger partial charge in [-0.25, -0.2) is 9.18 Å². The van der Waals surface area contributed by atoms with Crippen molar-refractivity contribution >= 4 is 12.0 Å². The van der Waals surface area contributed by atoms with Crippen LogP contribution in [0.4, 0.5) is 4.39 Å². The minimum atomic E-state index is -1.02. The lowest BCUT2D eigenvalue weighted by Gasteiger charge is -2.27. The van der Waals surface area contributed by atoms with Gasteiger partial charge in [-0.05, 0) is 55.6 Å². The van der Waals surface area contributed by atoms with Crippen molar-refractivity contribution in [2.75, 3.05) is 6.54 Å². The maximum atomic E-state index is 13.4. The van der Waals surface area contributed by atoms with Gasteiger partial charge in [-0.3, -0.25) is 4.90 Å². The second-order valence-corrected chi connectivity index (χ2v) is 5.68. The number of nitrogens with zero attached hydrogens (tertiary/aromatic N) is 1. The van der Waals surface area contributed by atoms with E-state index >= 15 is 0 Å². The standard InChI is InChI=1S/C17H22FNO2/c1-13-5-3-2-4-10-19(13)12-15-6-8-16(18)11-14(15)7-9-17(20)21/h6-9,11,13H,2-5,10,12H2,1H3,(H,20,21). The number of aliphatic carboxylic acids is 1. The summed E-state index contributed by atoms with van der Waals surface area (Å²) in [4.78, 5) is 13.1. The first-order valence-electron chi connectivity index (χ1n) is 7.50.